The molecule has 0 saturated carbocycles. The van der Waals surface area contributed by atoms with E-state index in [-0.39, 0.29) is 56.3 Å². The fraction of sp³-hybridized carbons (Fsp3) is 0.475. The van der Waals surface area contributed by atoms with Crippen LogP contribution < -0.4 is 38.1 Å². The van der Waals surface area contributed by atoms with Gasteiger partial charge in [0.2, 0.25) is 35.4 Å². The number of primary amides is 1. The lowest BCUT2D eigenvalue weighted by Crippen LogP contribution is -2.59. The molecule has 0 saturated heterocycles. The summed E-state index contributed by atoms with van der Waals surface area (Å²) < 4.78 is 0. The minimum absolute atomic E-state index is 0.0174. The van der Waals surface area contributed by atoms with Crippen LogP contribution in [0.25, 0.3) is 11.1 Å². The van der Waals surface area contributed by atoms with E-state index in [1.165, 1.54) is 6.92 Å². The number of hydrogen-bond donors (Lipinski definition) is 9. The Hall–Kier alpha value is -7.07. The maximum absolute atomic E-state index is 13.6. The average Bonchev–Trinajstić information content (AvgIpc) is 3.38. The number of carboxylic acids is 1. The number of unbranched alkanes of at least 4 members (excludes halogenated alkanes) is 11. The van der Waals surface area contributed by atoms with Gasteiger partial charge in [-0.05, 0) is 72.1 Å². The molecule has 6 atom stereocenters. The van der Waals surface area contributed by atoms with Gasteiger partial charge in [0, 0.05) is 37.8 Å². The van der Waals surface area contributed by atoms with E-state index in [0.29, 0.717) is 18.5 Å². The number of carbonyl (C=O) groups excluding carboxylic acids is 6. The number of anilines is 1. The number of rotatable bonds is 35. The highest BCUT2D eigenvalue weighted by molar-refractivity contribution is 5.94. The van der Waals surface area contributed by atoms with Gasteiger partial charge in [-0.2, -0.15) is 0 Å². The van der Waals surface area contributed by atoms with E-state index in [0.717, 1.165) is 92.0 Å². The quantitative estimate of drug-likeness (QED) is 0.0171. The first kappa shape index (κ1) is 60.5. The zero-order chi connectivity index (χ0) is 54.5. The van der Waals surface area contributed by atoms with Gasteiger partial charge >= 0.3 is 5.97 Å². The number of aliphatic hydroxyl groups is 1. The van der Waals surface area contributed by atoms with Crippen molar-refractivity contribution < 1.29 is 43.8 Å². The second-order valence-corrected chi connectivity index (χ2v) is 20.1. The van der Waals surface area contributed by atoms with Gasteiger partial charge in [0.15, 0.2) is 0 Å². The summed E-state index contributed by atoms with van der Waals surface area (Å²) in [6, 6.07) is 28.0. The largest absolute Gasteiger partial charge is 0.480 e. The molecule has 0 fully saturated rings. The standard InChI is InChI=1S/C59H81N7O9/c1-40(2)36-49(56(71)63-48(55(61)70)37-43-28-32-46(33-29-43)45-24-18-15-19-25-45)64-58(73)54(41(3)67)66-53(69)27-21-13-11-9-7-5-4-6-8-10-12-20-26-52(68)62-50(38-44-30-34-47(60)35-31-44)57(72)65-51(59(74)75)39-42-22-16-14-17-23-42/h14-19,22-25,28-35,40-41,48-51,54,67H,4-13,20-21,26-27,36-39,60H2,1-3H3,(H2,61,70)(H,62,68)(H,63,71)(H,64,73)(H,65,72)(H,66,69)(H,74,75)/t41?,48-,49-,50-,51-,54-/m0/s1. The van der Waals surface area contributed by atoms with Crippen molar-refractivity contribution in [1.82, 2.24) is 26.6 Å². The molecule has 0 aromatic heterocycles. The van der Waals surface area contributed by atoms with Crippen LogP contribution in [-0.2, 0) is 52.8 Å². The summed E-state index contributed by atoms with van der Waals surface area (Å²) in [5.41, 5.74) is 16.5. The van der Waals surface area contributed by atoms with E-state index >= 15 is 0 Å². The first-order valence-corrected chi connectivity index (χ1v) is 26.7. The summed E-state index contributed by atoms with van der Waals surface area (Å²) in [5, 5.41) is 33.9. The van der Waals surface area contributed by atoms with Gasteiger partial charge in [0.1, 0.15) is 30.2 Å². The molecular formula is C59H81N7O9. The lowest BCUT2D eigenvalue weighted by molar-refractivity contribution is -0.142. The fourth-order valence-corrected chi connectivity index (χ4v) is 8.84. The van der Waals surface area contributed by atoms with Crippen LogP contribution in [-0.4, -0.2) is 87.9 Å². The predicted molar refractivity (Wildman–Crippen MR) is 293 cm³/mol. The van der Waals surface area contributed by atoms with Crippen molar-refractivity contribution in [1.29, 1.82) is 0 Å². The molecule has 0 aliphatic carbocycles. The highest BCUT2D eigenvalue weighted by atomic mass is 16.4. The highest BCUT2D eigenvalue weighted by Gasteiger charge is 2.32. The molecular weight excluding hydrogens is 951 g/mol. The Kier molecular flexibility index (Phi) is 26.6. The second kappa shape index (κ2) is 33.0. The smallest absolute Gasteiger partial charge is 0.326 e. The van der Waals surface area contributed by atoms with Crippen LogP contribution in [0.1, 0.15) is 134 Å². The third-order valence-corrected chi connectivity index (χ3v) is 13.1. The van der Waals surface area contributed by atoms with Gasteiger partial charge in [0.05, 0.1) is 6.10 Å². The van der Waals surface area contributed by atoms with Crippen LogP contribution in [0.5, 0.6) is 0 Å². The van der Waals surface area contributed by atoms with E-state index in [1.807, 2.05) is 74.5 Å². The zero-order valence-corrected chi connectivity index (χ0v) is 44.1. The van der Waals surface area contributed by atoms with Crippen molar-refractivity contribution in [3.63, 3.8) is 0 Å². The van der Waals surface area contributed by atoms with E-state index in [2.05, 4.69) is 26.6 Å². The number of aliphatic carboxylic acids is 1. The van der Waals surface area contributed by atoms with Crippen LogP contribution >= 0.6 is 0 Å². The first-order chi connectivity index (χ1) is 36.0. The maximum Gasteiger partial charge on any atom is 0.326 e. The van der Waals surface area contributed by atoms with E-state index < -0.39 is 65.9 Å². The molecule has 4 aromatic rings. The molecule has 4 aromatic carbocycles. The average molecular weight is 1030 g/mol. The van der Waals surface area contributed by atoms with Crippen molar-refractivity contribution in [2.45, 2.75) is 173 Å². The molecule has 0 aliphatic rings. The van der Waals surface area contributed by atoms with Gasteiger partial charge in [-0.25, -0.2) is 4.79 Å². The predicted octanol–water partition coefficient (Wildman–Crippen LogP) is 6.85. The number of carbonyl (C=O) groups is 7. The van der Waals surface area contributed by atoms with Crippen LogP contribution in [0, 0.1) is 5.92 Å². The summed E-state index contributed by atoms with van der Waals surface area (Å²) in [6.45, 7) is 5.18. The lowest BCUT2D eigenvalue weighted by Gasteiger charge is -2.27. The number of nitrogens with two attached hydrogens (primary N) is 2. The molecule has 0 aliphatic heterocycles. The van der Waals surface area contributed by atoms with Crippen molar-refractivity contribution in [3.05, 3.63) is 126 Å². The molecule has 0 bridgehead atoms. The molecule has 406 valence electrons. The molecule has 6 amide bonds. The normalized spacial score (nSPS) is 13.6. The van der Waals surface area contributed by atoms with Gasteiger partial charge in [-0.3, -0.25) is 28.8 Å². The molecule has 1 unspecified atom stereocenters. The van der Waals surface area contributed by atoms with Crippen molar-refractivity contribution >= 4 is 47.1 Å². The third kappa shape index (κ3) is 23.3. The van der Waals surface area contributed by atoms with Gasteiger partial charge < -0.3 is 48.3 Å². The highest BCUT2D eigenvalue weighted by Crippen LogP contribution is 2.21. The molecule has 75 heavy (non-hydrogen) atoms. The molecule has 0 heterocycles. The van der Waals surface area contributed by atoms with Crippen molar-refractivity contribution in [2.75, 3.05) is 5.73 Å². The SMILES string of the molecule is CC(C)C[C@H](NC(=O)[C@@H](NC(=O)CCCCCCCCCCCCCCC(=O)N[C@@H](Cc1ccc(N)cc1)C(=O)N[C@@H](Cc1ccccc1)C(=O)O)C(C)O)C(=O)N[C@@H](Cc1ccc(-c2ccccc2)cc1)C(N)=O. The number of hydrogen-bond acceptors (Lipinski definition) is 9. The summed E-state index contributed by atoms with van der Waals surface area (Å²) in [6.07, 6.45) is 11.3. The molecule has 16 heteroatoms. The Bertz CT molecular complexity index is 2380. The lowest BCUT2D eigenvalue weighted by atomic mass is 9.99. The summed E-state index contributed by atoms with van der Waals surface area (Å²) in [5.74, 6) is -4.40. The molecule has 11 N–H and O–H groups in total. The Morgan fingerprint density at radius 1 is 0.453 bits per heavy atom. The fourth-order valence-electron chi connectivity index (χ4n) is 8.84. The molecule has 4 rings (SSSR count). The monoisotopic (exact) mass is 1030 g/mol. The first-order valence-electron chi connectivity index (χ1n) is 26.7. The van der Waals surface area contributed by atoms with Crippen molar-refractivity contribution in [3.8, 4) is 11.1 Å². The van der Waals surface area contributed by atoms with Crippen LogP contribution in [0.3, 0.4) is 0 Å². The summed E-state index contributed by atoms with van der Waals surface area (Å²) >= 11 is 0. The Labute approximate surface area is 443 Å². The molecule has 0 radical (unpaired) electrons. The van der Waals surface area contributed by atoms with Gasteiger partial charge in [-0.15, -0.1) is 0 Å². The van der Waals surface area contributed by atoms with Gasteiger partial charge in [-0.1, -0.05) is 175 Å². The zero-order valence-electron chi connectivity index (χ0n) is 44.1. The van der Waals surface area contributed by atoms with Gasteiger partial charge in [0.25, 0.3) is 0 Å². The maximum atomic E-state index is 13.6. The summed E-state index contributed by atoms with van der Waals surface area (Å²) in [7, 11) is 0. The van der Waals surface area contributed by atoms with Crippen LogP contribution in [0.2, 0.25) is 0 Å². The number of benzene rings is 4. The molecule has 0 spiro atoms. The Morgan fingerprint density at radius 3 is 1.35 bits per heavy atom. The Balaban J connectivity index is 1.08. The molecule has 16 nitrogen and oxygen atoms in total. The van der Waals surface area contributed by atoms with E-state index in [4.69, 9.17) is 11.5 Å². The van der Waals surface area contributed by atoms with Crippen molar-refractivity contribution in [2.24, 2.45) is 11.7 Å². The van der Waals surface area contributed by atoms with Crippen LogP contribution in [0.15, 0.2) is 109 Å². The number of amides is 6. The van der Waals surface area contributed by atoms with E-state index in [9.17, 15) is 43.8 Å². The minimum atomic E-state index is -1.29. The summed E-state index contributed by atoms with van der Waals surface area (Å²) in [4.78, 5) is 91.0. The number of aliphatic hydroxyl groups excluding tert-OH is 1. The van der Waals surface area contributed by atoms with E-state index in [1.54, 1.807) is 48.5 Å². The third-order valence-electron chi connectivity index (χ3n) is 13.1. The van der Waals surface area contributed by atoms with Crippen LogP contribution in [0.4, 0.5) is 5.69 Å². The number of nitrogen functional groups attached to an aromatic ring is 1. The topological polar surface area (TPSA) is 272 Å². The minimum Gasteiger partial charge on any atom is -0.480 e. The number of nitrogens with one attached hydrogen (secondary N) is 5. The number of carboxylic acid groups (broad SMARTS) is 1. The second-order valence-electron chi connectivity index (χ2n) is 20.1. The Morgan fingerprint density at radius 2 is 0.853 bits per heavy atom.